The molecule has 0 radical (unpaired) electrons. The van der Waals surface area contributed by atoms with Gasteiger partial charge in [-0.25, -0.2) is 4.79 Å². The highest BCUT2D eigenvalue weighted by molar-refractivity contribution is 5.96. The lowest BCUT2D eigenvalue weighted by atomic mass is 10.0. The molecule has 166 valence electrons. The van der Waals surface area contributed by atoms with E-state index in [1.165, 1.54) is 13.2 Å². The normalized spacial score (nSPS) is 10.6. The zero-order valence-electron chi connectivity index (χ0n) is 17.9. The molecule has 4 rings (SSSR count). The van der Waals surface area contributed by atoms with Crippen LogP contribution in [-0.2, 0) is 16.1 Å². The number of hydrogen-bond acceptors (Lipinski definition) is 6. The van der Waals surface area contributed by atoms with E-state index in [4.69, 9.17) is 13.9 Å². The Hall–Kier alpha value is -4.39. The molecular formula is C26H21NO6. The first-order valence-corrected chi connectivity index (χ1v) is 10.2. The highest BCUT2D eigenvalue weighted by Crippen LogP contribution is 2.23. The number of ether oxygens (including phenoxy) is 2. The number of fused-ring (bicyclic) bond motifs is 1. The number of esters is 1. The van der Waals surface area contributed by atoms with E-state index in [-0.39, 0.29) is 19.1 Å². The first kappa shape index (κ1) is 21.8. The van der Waals surface area contributed by atoms with Crippen LogP contribution < -0.4 is 15.7 Å². The molecule has 0 aliphatic carbocycles. The van der Waals surface area contributed by atoms with Gasteiger partial charge in [0.25, 0.3) is 5.91 Å². The lowest BCUT2D eigenvalue weighted by Crippen LogP contribution is -2.30. The van der Waals surface area contributed by atoms with E-state index in [0.717, 1.165) is 11.1 Å². The molecule has 0 saturated heterocycles. The second-order valence-corrected chi connectivity index (χ2v) is 7.24. The number of carbonyl (C=O) groups is 2. The molecular weight excluding hydrogens is 422 g/mol. The van der Waals surface area contributed by atoms with Crippen LogP contribution in [0.1, 0.15) is 15.9 Å². The van der Waals surface area contributed by atoms with Gasteiger partial charge in [-0.2, -0.15) is 0 Å². The second kappa shape index (κ2) is 9.82. The molecule has 33 heavy (non-hydrogen) atoms. The smallest absolute Gasteiger partial charge is 0.336 e. The van der Waals surface area contributed by atoms with Crippen LogP contribution in [0.3, 0.4) is 0 Å². The number of methoxy groups -OCH3 is 1. The van der Waals surface area contributed by atoms with Crippen molar-refractivity contribution in [2.75, 3.05) is 13.7 Å². The number of hydrogen-bond donors (Lipinski definition) is 1. The molecule has 0 fully saturated rings. The van der Waals surface area contributed by atoms with E-state index in [0.29, 0.717) is 27.8 Å². The SMILES string of the molecule is COc1ccc2c(COC(=O)CNC(=O)c3ccc(-c4ccccc4)cc3)cc(=O)oc2c1. The van der Waals surface area contributed by atoms with Crippen molar-refractivity contribution in [1.82, 2.24) is 5.32 Å². The zero-order chi connectivity index (χ0) is 23.2. The summed E-state index contributed by atoms with van der Waals surface area (Å²) < 4.78 is 15.6. The lowest BCUT2D eigenvalue weighted by molar-refractivity contribution is -0.143. The van der Waals surface area contributed by atoms with E-state index in [2.05, 4.69) is 5.32 Å². The summed E-state index contributed by atoms with van der Waals surface area (Å²) in [6, 6.07) is 23.2. The molecule has 0 atom stereocenters. The summed E-state index contributed by atoms with van der Waals surface area (Å²) in [6.45, 7) is -0.429. The molecule has 0 saturated carbocycles. The topological polar surface area (TPSA) is 94.8 Å². The molecule has 7 nitrogen and oxygen atoms in total. The van der Waals surface area contributed by atoms with E-state index >= 15 is 0 Å². The predicted molar refractivity (Wildman–Crippen MR) is 123 cm³/mol. The largest absolute Gasteiger partial charge is 0.497 e. The van der Waals surface area contributed by atoms with Gasteiger partial charge in [0.15, 0.2) is 0 Å². The molecule has 4 aromatic rings. The third kappa shape index (κ3) is 5.27. The zero-order valence-corrected chi connectivity index (χ0v) is 17.9. The van der Waals surface area contributed by atoms with Crippen molar-refractivity contribution in [3.05, 3.63) is 100 Å². The van der Waals surface area contributed by atoms with Crippen molar-refractivity contribution >= 4 is 22.8 Å². The average molecular weight is 443 g/mol. The number of benzene rings is 3. The van der Waals surface area contributed by atoms with Gasteiger partial charge < -0.3 is 19.2 Å². The Morgan fingerprint density at radius 2 is 1.64 bits per heavy atom. The molecule has 0 unspecified atom stereocenters. The molecule has 1 aromatic heterocycles. The predicted octanol–water partition coefficient (Wildman–Crippen LogP) is 3.94. The summed E-state index contributed by atoms with van der Waals surface area (Å²) in [5.74, 6) is -0.470. The summed E-state index contributed by atoms with van der Waals surface area (Å²) in [5, 5.41) is 3.18. The Labute approximate surface area is 189 Å². The Balaban J connectivity index is 1.34. The number of nitrogens with one attached hydrogen (secondary N) is 1. The van der Waals surface area contributed by atoms with Gasteiger partial charge in [0.2, 0.25) is 0 Å². The monoisotopic (exact) mass is 443 g/mol. The van der Waals surface area contributed by atoms with Crippen LogP contribution in [0.4, 0.5) is 0 Å². The van der Waals surface area contributed by atoms with Crippen molar-refractivity contribution in [3.8, 4) is 16.9 Å². The van der Waals surface area contributed by atoms with Gasteiger partial charge in [-0.15, -0.1) is 0 Å². The third-order valence-corrected chi connectivity index (χ3v) is 5.07. The summed E-state index contributed by atoms with van der Waals surface area (Å²) >= 11 is 0. The van der Waals surface area contributed by atoms with Gasteiger partial charge >= 0.3 is 11.6 Å². The summed E-state index contributed by atoms with van der Waals surface area (Å²) in [4.78, 5) is 36.4. The summed E-state index contributed by atoms with van der Waals surface area (Å²) in [7, 11) is 1.51. The number of carbonyl (C=O) groups excluding carboxylic acids is 2. The minimum Gasteiger partial charge on any atom is -0.497 e. The quantitative estimate of drug-likeness (QED) is 0.343. The van der Waals surface area contributed by atoms with Gasteiger partial charge in [0, 0.05) is 28.6 Å². The standard InChI is InChI=1S/C26H21NO6/c1-31-21-11-12-22-20(13-24(28)33-23(22)14-21)16-32-25(29)15-27-26(30)19-9-7-18(8-10-19)17-5-3-2-4-6-17/h2-14H,15-16H2,1H3,(H,27,30). The third-order valence-electron chi connectivity index (χ3n) is 5.07. The summed E-state index contributed by atoms with van der Waals surface area (Å²) in [6.07, 6.45) is 0. The van der Waals surface area contributed by atoms with Crippen molar-refractivity contribution in [2.45, 2.75) is 6.61 Å². The van der Waals surface area contributed by atoms with Crippen molar-refractivity contribution < 1.29 is 23.5 Å². The fraction of sp³-hybridized carbons (Fsp3) is 0.115. The Bertz CT molecular complexity index is 1340. The molecule has 1 amide bonds. The molecule has 0 spiro atoms. The second-order valence-electron chi connectivity index (χ2n) is 7.24. The van der Waals surface area contributed by atoms with Crippen molar-refractivity contribution in [3.63, 3.8) is 0 Å². The van der Waals surface area contributed by atoms with Gasteiger partial charge in [0.1, 0.15) is 24.5 Å². The fourth-order valence-electron chi connectivity index (χ4n) is 3.37. The van der Waals surface area contributed by atoms with Crippen LogP contribution in [0.2, 0.25) is 0 Å². The van der Waals surface area contributed by atoms with Gasteiger partial charge in [-0.1, -0.05) is 42.5 Å². The molecule has 1 heterocycles. The lowest BCUT2D eigenvalue weighted by Gasteiger charge is -2.09. The van der Waals surface area contributed by atoms with Crippen LogP contribution in [-0.4, -0.2) is 25.5 Å². The average Bonchev–Trinajstić information content (AvgIpc) is 2.85. The van der Waals surface area contributed by atoms with Crippen molar-refractivity contribution in [2.24, 2.45) is 0 Å². The first-order chi connectivity index (χ1) is 16.0. The Morgan fingerprint density at radius 3 is 2.36 bits per heavy atom. The molecule has 3 aromatic carbocycles. The van der Waals surface area contributed by atoms with Crippen LogP contribution in [0.25, 0.3) is 22.1 Å². The molecule has 0 bridgehead atoms. The highest BCUT2D eigenvalue weighted by Gasteiger charge is 2.12. The number of rotatable bonds is 7. The van der Waals surface area contributed by atoms with Crippen LogP contribution in [0.5, 0.6) is 5.75 Å². The van der Waals surface area contributed by atoms with Gasteiger partial charge in [0.05, 0.1) is 7.11 Å². The Morgan fingerprint density at radius 1 is 0.909 bits per heavy atom. The van der Waals surface area contributed by atoms with Gasteiger partial charge in [-0.05, 0) is 35.4 Å². The van der Waals surface area contributed by atoms with E-state index in [1.807, 2.05) is 42.5 Å². The van der Waals surface area contributed by atoms with E-state index < -0.39 is 11.6 Å². The fourth-order valence-corrected chi connectivity index (χ4v) is 3.37. The first-order valence-electron chi connectivity index (χ1n) is 10.2. The maximum atomic E-state index is 12.4. The molecule has 0 aliphatic heterocycles. The molecule has 7 heteroatoms. The van der Waals surface area contributed by atoms with Crippen LogP contribution in [0.15, 0.2) is 88.1 Å². The maximum Gasteiger partial charge on any atom is 0.336 e. The molecule has 0 aliphatic rings. The maximum absolute atomic E-state index is 12.4. The van der Waals surface area contributed by atoms with Gasteiger partial charge in [-0.3, -0.25) is 9.59 Å². The Kier molecular flexibility index (Phi) is 6.50. The van der Waals surface area contributed by atoms with Crippen LogP contribution in [0, 0.1) is 0 Å². The number of amides is 1. The molecule has 1 N–H and O–H groups in total. The summed E-state index contributed by atoms with van der Waals surface area (Å²) in [5.41, 5.74) is 2.75. The highest BCUT2D eigenvalue weighted by atomic mass is 16.5. The minimum absolute atomic E-state index is 0.130. The van der Waals surface area contributed by atoms with Crippen LogP contribution >= 0.6 is 0 Å². The minimum atomic E-state index is -0.626. The van der Waals surface area contributed by atoms with E-state index in [9.17, 15) is 14.4 Å². The van der Waals surface area contributed by atoms with Crippen molar-refractivity contribution in [1.29, 1.82) is 0 Å². The van der Waals surface area contributed by atoms with E-state index in [1.54, 1.807) is 30.3 Å².